The number of nitrogens with one attached hydrogen (secondary N) is 3. The molecular weight excluding hydrogens is 290 g/mol. The van der Waals surface area contributed by atoms with Gasteiger partial charge in [-0.3, -0.25) is 9.59 Å². The zero-order valence-electron chi connectivity index (χ0n) is 15.0. The minimum atomic E-state index is -0.834. The van der Waals surface area contributed by atoms with Gasteiger partial charge in [-0.25, -0.2) is 0 Å². The van der Waals surface area contributed by atoms with Gasteiger partial charge in [0.25, 0.3) is 0 Å². The topological polar surface area (TPSA) is 70.2 Å². The molecule has 0 aromatic rings. The van der Waals surface area contributed by atoms with Crippen LogP contribution in [0.1, 0.15) is 47.5 Å². The monoisotopic (exact) mass is 321 g/mol. The third kappa shape index (κ3) is 3.44. The van der Waals surface area contributed by atoms with E-state index in [1.54, 1.807) is 0 Å². The molecule has 0 aromatic heterocycles. The standard InChI is InChI=1S/C18H31N3O2/c1-7-8-15-14-10-19-11(2)13(14)9-18(15,20-12(3)22)16(23)21-17(4,5)6/h7,11,13-15,19H,1,8-10H2,2-6H3,(H,20,22)(H,21,23)/t11?,13-,14+,15?,18-/m0/s1. The summed E-state index contributed by atoms with van der Waals surface area (Å²) in [5.41, 5.74) is -1.16. The second kappa shape index (κ2) is 6.27. The molecule has 1 aliphatic heterocycles. The van der Waals surface area contributed by atoms with Crippen LogP contribution >= 0.6 is 0 Å². The first-order valence-corrected chi connectivity index (χ1v) is 8.56. The Morgan fingerprint density at radius 3 is 2.52 bits per heavy atom. The van der Waals surface area contributed by atoms with Crippen LogP contribution in [0.15, 0.2) is 12.7 Å². The van der Waals surface area contributed by atoms with Crippen LogP contribution in [0.4, 0.5) is 0 Å². The number of rotatable bonds is 4. The van der Waals surface area contributed by atoms with Gasteiger partial charge in [-0.1, -0.05) is 6.08 Å². The summed E-state index contributed by atoms with van der Waals surface area (Å²) in [6, 6.07) is 0.366. The first-order chi connectivity index (χ1) is 10.6. The molecule has 2 fully saturated rings. The Hall–Kier alpha value is -1.36. The minimum absolute atomic E-state index is 0.0614. The second-order valence-electron chi connectivity index (χ2n) is 8.22. The normalized spacial score (nSPS) is 36.4. The van der Waals surface area contributed by atoms with Crippen LogP contribution in [0.2, 0.25) is 0 Å². The second-order valence-corrected chi connectivity index (χ2v) is 8.22. The molecule has 5 heteroatoms. The van der Waals surface area contributed by atoms with E-state index in [9.17, 15) is 9.59 Å². The number of allylic oxidation sites excluding steroid dienone is 1. The predicted octanol–water partition coefficient (Wildman–Crippen LogP) is 1.60. The van der Waals surface area contributed by atoms with Gasteiger partial charge in [0.05, 0.1) is 0 Å². The van der Waals surface area contributed by atoms with Gasteiger partial charge in [0, 0.05) is 18.5 Å². The van der Waals surface area contributed by atoms with Crippen molar-refractivity contribution in [1.82, 2.24) is 16.0 Å². The lowest BCUT2D eigenvalue weighted by atomic mass is 9.79. The third-order valence-corrected chi connectivity index (χ3v) is 5.29. The summed E-state index contributed by atoms with van der Waals surface area (Å²) in [6.07, 6.45) is 3.29. The minimum Gasteiger partial charge on any atom is -0.349 e. The fraction of sp³-hybridized carbons (Fsp3) is 0.778. The lowest BCUT2D eigenvalue weighted by Crippen LogP contribution is -2.64. The van der Waals surface area contributed by atoms with Crippen LogP contribution < -0.4 is 16.0 Å². The van der Waals surface area contributed by atoms with E-state index in [0.29, 0.717) is 24.3 Å². The van der Waals surface area contributed by atoms with E-state index in [1.165, 1.54) is 6.92 Å². The van der Waals surface area contributed by atoms with E-state index in [0.717, 1.165) is 13.0 Å². The van der Waals surface area contributed by atoms with Crippen molar-refractivity contribution in [3.63, 3.8) is 0 Å². The summed E-state index contributed by atoms with van der Waals surface area (Å²) in [7, 11) is 0. The molecule has 2 amide bonds. The Balaban J connectivity index is 2.40. The van der Waals surface area contributed by atoms with Gasteiger partial charge in [0.2, 0.25) is 11.8 Å². The van der Waals surface area contributed by atoms with Crippen LogP contribution in [0, 0.1) is 17.8 Å². The van der Waals surface area contributed by atoms with Crippen LogP contribution in [0.5, 0.6) is 0 Å². The highest BCUT2D eigenvalue weighted by Crippen LogP contribution is 2.50. The van der Waals surface area contributed by atoms with Gasteiger partial charge in [0.15, 0.2) is 0 Å². The molecule has 1 aliphatic carbocycles. The Kier molecular flexibility index (Phi) is 4.90. The highest BCUT2D eigenvalue weighted by molar-refractivity contribution is 5.92. The molecule has 0 aromatic carbocycles. The molecule has 130 valence electrons. The lowest BCUT2D eigenvalue weighted by molar-refractivity contribution is -0.136. The molecule has 1 heterocycles. The number of fused-ring (bicyclic) bond motifs is 1. The molecule has 0 bridgehead atoms. The number of hydrogen-bond donors (Lipinski definition) is 3. The Bertz CT molecular complexity index is 497. The molecule has 5 nitrogen and oxygen atoms in total. The summed E-state index contributed by atoms with van der Waals surface area (Å²) in [5, 5.41) is 9.64. The number of carbonyl (C=O) groups is 2. The molecule has 3 N–H and O–H groups in total. The third-order valence-electron chi connectivity index (χ3n) is 5.29. The molecule has 1 saturated heterocycles. The van der Waals surface area contributed by atoms with Gasteiger partial charge in [-0.15, -0.1) is 6.58 Å². The van der Waals surface area contributed by atoms with Crippen LogP contribution in [0.25, 0.3) is 0 Å². The fourth-order valence-corrected chi connectivity index (χ4v) is 4.44. The predicted molar refractivity (Wildman–Crippen MR) is 91.8 cm³/mol. The zero-order chi connectivity index (χ0) is 17.4. The lowest BCUT2D eigenvalue weighted by Gasteiger charge is -2.38. The van der Waals surface area contributed by atoms with Gasteiger partial charge >= 0.3 is 0 Å². The van der Waals surface area contributed by atoms with Crippen molar-refractivity contribution in [2.75, 3.05) is 6.54 Å². The SMILES string of the molecule is C=CCC1[C@@H]2CNC(C)[C@@H]2C[C@@]1(NC(C)=O)C(=O)NC(C)(C)C. The van der Waals surface area contributed by atoms with E-state index in [4.69, 9.17) is 0 Å². The Labute approximate surface area is 139 Å². The van der Waals surface area contributed by atoms with Crippen molar-refractivity contribution >= 4 is 11.8 Å². The van der Waals surface area contributed by atoms with E-state index in [1.807, 2.05) is 26.8 Å². The summed E-state index contributed by atoms with van der Waals surface area (Å²) in [4.78, 5) is 25.1. The average molecular weight is 321 g/mol. The highest BCUT2D eigenvalue weighted by Gasteiger charge is 2.60. The molecule has 0 spiro atoms. The summed E-state index contributed by atoms with van der Waals surface area (Å²) in [5.74, 6) is 0.657. The van der Waals surface area contributed by atoms with Crippen LogP contribution in [0.3, 0.4) is 0 Å². The average Bonchev–Trinajstić information content (AvgIpc) is 2.88. The van der Waals surface area contributed by atoms with Crippen molar-refractivity contribution in [3.05, 3.63) is 12.7 Å². The maximum Gasteiger partial charge on any atom is 0.246 e. The number of hydrogen-bond acceptors (Lipinski definition) is 3. The first kappa shape index (κ1) is 18.0. The maximum absolute atomic E-state index is 13.2. The van der Waals surface area contributed by atoms with E-state index in [2.05, 4.69) is 29.5 Å². The van der Waals surface area contributed by atoms with Crippen LogP contribution in [-0.2, 0) is 9.59 Å². The fourth-order valence-electron chi connectivity index (χ4n) is 4.44. The van der Waals surface area contributed by atoms with Crippen molar-refractivity contribution in [1.29, 1.82) is 0 Å². The van der Waals surface area contributed by atoms with E-state index in [-0.39, 0.29) is 23.3 Å². The van der Waals surface area contributed by atoms with Gasteiger partial charge < -0.3 is 16.0 Å². The molecule has 23 heavy (non-hydrogen) atoms. The quantitative estimate of drug-likeness (QED) is 0.689. The van der Waals surface area contributed by atoms with Crippen LogP contribution in [-0.4, -0.2) is 35.5 Å². The molecular formula is C18H31N3O2. The summed E-state index contributed by atoms with van der Waals surface area (Å²) >= 11 is 0. The van der Waals surface area contributed by atoms with Gasteiger partial charge in [-0.2, -0.15) is 0 Å². The summed E-state index contributed by atoms with van der Waals surface area (Å²) in [6.45, 7) is 14.3. The van der Waals surface area contributed by atoms with Crippen molar-refractivity contribution in [2.45, 2.75) is 64.6 Å². The highest BCUT2D eigenvalue weighted by atomic mass is 16.2. The van der Waals surface area contributed by atoms with Crippen molar-refractivity contribution in [3.8, 4) is 0 Å². The van der Waals surface area contributed by atoms with Crippen molar-refractivity contribution < 1.29 is 9.59 Å². The molecule has 2 rings (SSSR count). The molecule has 0 radical (unpaired) electrons. The van der Waals surface area contributed by atoms with Gasteiger partial charge in [0.1, 0.15) is 5.54 Å². The zero-order valence-corrected chi connectivity index (χ0v) is 15.0. The molecule has 5 atom stereocenters. The smallest absolute Gasteiger partial charge is 0.246 e. The molecule has 1 saturated carbocycles. The summed E-state index contributed by atoms with van der Waals surface area (Å²) < 4.78 is 0. The Morgan fingerprint density at radius 1 is 1.35 bits per heavy atom. The van der Waals surface area contributed by atoms with Gasteiger partial charge in [-0.05, 0) is 64.8 Å². The van der Waals surface area contributed by atoms with E-state index < -0.39 is 5.54 Å². The molecule has 2 unspecified atom stereocenters. The number of amides is 2. The van der Waals surface area contributed by atoms with E-state index >= 15 is 0 Å². The first-order valence-electron chi connectivity index (χ1n) is 8.56. The largest absolute Gasteiger partial charge is 0.349 e. The maximum atomic E-state index is 13.2. The Morgan fingerprint density at radius 2 is 2.00 bits per heavy atom. The number of carbonyl (C=O) groups excluding carboxylic acids is 2. The molecule has 2 aliphatic rings. The van der Waals surface area contributed by atoms with Crippen molar-refractivity contribution in [2.24, 2.45) is 17.8 Å².